The molecule has 1 unspecified atom stereocenters. The lowest BCUT2D eigenvalue weighted by Crippen LogP contribution is -2.29. The van der Waals surface area contributed by atoms with Gasteiger partial charge in [0.1, 0.15) is 10.7 Å². The van der Waals surface area contributed by atoms with Gasteiger partial charge in [0.25, 0.3) is 11.6 Å². The molecule has 0 N–H and O–H groups in total. The zero-order valence-electron chi connectivity index (χ0n) is 18.8. The van der Waals surface area contributed by atoms with Crippen LogP contribution in [-0.2, 0) is 14.6 Å². The minimum atomic E-state index is -4.21. The Morgan fingerprint density at radius 2 is 1.74 bits per heavy atom. The van der Waals surface area contributed by atoms with Gasteiger partial charge in [-0.1, -0.05) is 54.6 Å². The highest BCUT2D eigenvalue weighted by atomic mass is 32.2. The predicted molar refractivity (Wildman–Crippen MR) is 133 cm³/mol. The topological polar surface area (TPSA) is 107 Å². The minimum Gasteiger partial charge on any atom is -0.494 e. The maximum atomic E-state index is 13.6. The molecule has 0 aromatic heterocycles. The second-order valence-electron chi connectivity index (χ2n) is 7.65. The van der Waals surface area contributed by atoms with Gasteiger partial charge in [0.05, 0.1) is 11.5 Å². The number of amides is 1. The van der Waals surface area contributed by atoms with Crippen molar-refractivity contribution in [1.29, 1.82) is 0 Å². The fourth-order valence-electron chi connectivity index (χ4n) is 3.83. The van der Waals surface area contributed by atoms with Crippen molar-refractivity contribution in [1.82, 2.24) is 0 Å². The number of rotatable bonds is 7. The van der Waals surface area contributed by atoms with E-state index in [-0.39, 0.29) is 11.3 Å². The van der Waals surface area contributed by atoms with Crippen molar-refractivity contribution in [2.24, 2.45) is 0 Å². The van der Waals surface area contributed by atoms with Crippen molar-refractivity contribution < 1.29 is 22.9 Å². The maximum Gasteiger partial charge on any atom is 0.271 e. The number of hydrogen-bond donors (Lipinski definition) is 0. The van der Waals surface area contributed by atoms with E-state index in [1.165, 1.54) is 36.4 Å². The number of nitrogens with zero attached hydrogens (tertiary/aromatic N) is 2. The van der Waals surface area contributed by atoms with Crippen molar-refractivity contribution in [3.63, 3.8) is 0 Å². The summed E-state index contributed by atoms with van der Waals surface area (Å²) in [6, 6.07) is 21.0. The molecular weight excluding hydrogens is 468 g/mol. The molecule has 1 amide bonds. The molecule has 0 bridgehead atoms. The summed E-state index contributed by atoms with van der Waals surface area (Å²) in [5.74, 6) is -0.150. The van der Waals surface area contributed by atoms with Crippen LogP contribution in [0.1, 0.15) is 23.4 Å². The lowest BCUT2D eigenvalue weighted by Gasteiger charge is -2.23. The van der Waals surface area contributed by atoms with Gasteiger partial charge in [0.2, 0.25) is 9.84 Å². The van der Waals surface area contributed by atoms with Crippen LogP contribution < -0.4 is 9.64 Å². The Morgan fingerprint density at radius 1 is 1.03 bits per heavy atom. The van der Waals surface area contributed by atoms with E-state index in [1.54, 1.807) is 30.3 Å². The van der Waals surface area contributed by atoms with E-state index in [9.17, 15) is 23.3 Å². The van der Waals surface area contributed by atoms with Crippen molar-refractivity contribution in [2.45, 2.75) is 12.3 Å². The summed E-state index contributed by atoms with van der Waals surface area (Å²) < 4.78 is 32.7. The number of allylic oxidation sites excluding steroid dienone is 2. The number of anilines is 1. The highest BCUT2D eigenvalue weighted by molar-refractivity contribution is 7.97. The Hall–Kier alpha value is -4.24. The molecule has 0 saturated carbocycles. The number of carbonyl (C=O) groups is 1. The molecule has 1 heterocycles. The zero-order chi connectivity index (χ0) is 25.0. The number of carbonyl (C=O) groups excluding carboxylic acids is 1. The summed E-state index contributed by atoms with van der Waals surface area (Å²) in [7, 11) is -4.21. The average Bonchev–Trinajstić information content (AvgIpc) is 3.05. The molecule has 1 fully saturated rings. The van der Waals surface area contributed by atoms with E-state index in [0.717, 1.165) is 10.5 Å². The molecule has 1 aliphatic rings. The SMILES string of the molecule is CCOc1ccc(N2C(=O)/C(=C\C=C\c3ccccc3)S(=O)(=O)C2c2cccc([N+](=O)[O-])c2)cc1. The first-order chi connectivity index (χ1) is 16.8. The molecule has 3 aromatic carbocycles. The second kappa shape index (κ2) is 9.94. The van der Waals surface area contributed by atoms with Gasteiger partial charge in [-0.3, -0.25) is 19.8 Å². The molecule has 0 radical (unpaired) electrons. The Bertz CT molecular complexity index is 1410. The highest BCUT2D eigenvalue weighted by Gasteiger charge is 2.50. The summed E-state index contributed by atoms with van der Waals surface area (Å²) in [5.41, 5.74) is 1.02. The van der Waals surface area contributed by atoms with Crippen LogP contribution in [-0.4, -0.2) is 25.9 Å². The van der Waals surface area contributed by atoms with Crippen LogP contribution in [0.2, 0.25) is 0 Å². The maximum absolute atomic E-state index is 13.6. The highest BCUT2D eigenvalue weighted by Crippen LogP contribution is 2.43. The van der Waals surface area contributed by atoms with E-state index in [4.69, 9.17) is 4.74 Å². The van der Waals surface area contributed by atoms with E-state index >= 15 is 0 Å². The molecule has 4 rings (SSSR count). The van der Waals surface area contributed by atoms with Gasteiger partial charge < -0.3 is 4.74 Å². The number of non-ortho nitro benzene ring substituents is 1. The molecule has 1 aliphatic heterocycles. The van der Waals surface area contributed by atoms with Gasteiger partial charge in [0.15, 0.2) is 5.37 Å². The number of benzene rings is 3. The fraction of sp³-hybridized carbons (Fsp3) is 0.115. The first-order valence-electron chi connectivity index (χ1n) is 10.8. The molecule has 8 nitrogen and oxygen atoms in total. The van der Waals surface area contributed by atoms with Crippen LogP contribution in [0.4, 0.5) is 11.4 Å². The third kappa shape index (κ3) is 4.85. The van der Waals surface area contributed by atoms with Crippen LogP contribution in [0.3, 0.4) is 0 Å². The van der Waals surface area contributed by atoms with Crippen LogP contribution in [0, 0.1) is 10.1 Å². The first-order valence-corrected chi connectivity index (χ1v) is 12.4. The Morgan fingerprint density at radius 3 is 2.40 bits per heavy atom. The Kier molecular flexibility index (Phi) is 6.79. The molecule has 178 valence electrons. The molecule has 0 spiro atoms. The van der Waals surface area contributed by atoms with Gasteiger partial charge in [-0.2, -0.15) is 0 Å². The second-order valence-corrected chi connectivity index (χ2v) is 9.63. The van der Waals surface area contributed by atoms with Crippen LogP contribution in [0.5, 0.6) is 5.75 Å². The monoisotopic (exact) mass is 490 g/mol. The Balaban J connectivity index is 1.82. The van der Waals surface area contributed by atoms with E-state index in [1.807, 2.05) is 37.3 Å². The fourth-order valence-corrected chi connectivity index (χ4v) is 5.68. The van der Waals surface area contributed by atoms with Gasteiger partial charge in [-0.25, -0.2) is 8.42 Å². The summed E-state index contributed by atoms with van der Waals surface area (Å²) in [5, 5.41) is 9.87. The predicted octanol–water partition coefficient (Wildman–Crippen LogP) is 5.05. The lowest BCUT2D eigenvalue weighted by atomic mass is 10.1. The average molecular weight is 491 g/mol. The van der Waals surface area contributed by atoms with Crippen LogP contribution in [0.15, 0.2) is 95.9 Å². The largest absolute Gasteiger partial charge is 0.494 e. The summed E-state index contributed by atoms with van der Waals surface area (Å²) >= 11 is 0. The Labute approximate surface area is 202 Å². The molecule has 35 heavy (non-hydrogen) atoms. The number of sulfone groups is 1. The third-order valence-electron chi connectivity index (χ3n) is 5.39. The number of ether oxygens (including phenoxy) is 1. The van der Waals surface area contributed by atoms with Crippen molar-refractivity contribution >= 4 is 33.2 Å². The lowest BCUT2D eigenvalue weighted by molar-refractivity contribution is -0.384. The standard InChI is InChI=1S/C26H22N2O6S/c1-2-34-23-16-14-21(15-17-23)27-25(29)24(13-6-10-19-8-4-3-5-9-19)35(32,33)26(27)20-11-7-12-22(18-20)28(30)31/h3-18,26H,2H2,1H3/b10-6+,24-13+. The van der Waals surface area contributed by atoms with Gasteiger partial charge in [-0.05, 0) is 48.4 Å². The molecular formula is C26H22N2O6S. The minimum absolute atomic E-state index is 0.122. The molecule has 9 heteroatoms. The molecule has 1 saturated heterocycles. The normalized spacial score (nSPS) is 18.3. The molecule has 1 atom stereocenters. The van der Waals surface area contributed by atoms with Crippen LogP contribution >= 0.6 is 0 Å². The van der Waals surface area contributed by atoms with Gasteiger partial charge in [0, 0.05) is 17.8 Å². The van der Waals surface area contributed by atoms with Crippen molar-refractivity contribution in [3.8, 4) is 5.75 Å². The van der Waals surface area contributed by atoms with Crippen molar-refractivity contribution in [3.05, 3.63) is 117 Å². The van der Waals surface area contributed by atoms with Crippen molar-refractivity contribution in [2.75, 3.05) is 11.5 Å². The summed E-state index contributed by atoms with van der Waals surface area (Å²) in [6.45, 7) is 2.29. The number of nitro groups is 1. The van der Waals surface area contributed by atoms with E-state index < -0.39 is 30.9 Å². The quantitative estimate of drug-likeness (QED) is 0.261. The molecule has 0 aliphatic carbocycles. The third-order valence-corrected chi connectivity index (χ3v) is 7.39. The first kappa shape index (κ1) is 23.9. The van der Waals surface area contributed by atoms with E-state index in [2.05, 4.69) is 0 Å². The molecule has 3 aromatic rings. The number of hydrogen-bond acceptors (Lipinski definition) is 6. The van der Waals surface area contributed by atoms with Crippen LogP contribution in [0.25, 0.3) is 6.08 Å². The van der Waals surface area contributed by atoms with Gasteiger partial charge >= 0.3 is 0 Å². The van der Waals surface area contributed by atoms with Gasteiger partial charge in [-0.15, -0.1) is 0 Å². The smallest absolute Gasteiger partial charge is 0.271 e. The summed E-state index contributed by atoms with van der Waals surface area (Å²) in [4.78, 5) is 24.9. The van der Waals surface area contributed by atoms with E-state index in [0.29, 0.717) is 18.0 Å². The summed E-state index contributed by atoms with van der Waals surface area (Å²) in [6.07, 6.45) is 4.47. The zero-order valence-corrected chi connectivity index (χ0v) is 19.6. The number of nitro benzene ring substituents is 1.